The molecule has 0 aliphatic carbocycles. The number of nitrogens with one attached hydrogen (secondary N) is 2. The van der Waals surface area contributed by atoms with Crippen LogP contribution in [-0.2, 0) is 11.3 Å². The van der Waals surface area contributed by atoms with Crippen LogP contribution < -0.4 is 25.8 Å². The van der Waals surface area contributed by atoms with Crippen molar-refractivity contribution < 1.29 is 24.4 Å². The van der Waals surface area contributed by atoms with Crippen molar-refractivity contribution in [1.29, 1.82) is 16.1 Å². The Morgan fingerprint density at radius 2 is 1.84 bits per heavy atom. The van der Waals surface area contributed by atoms with Crippen LogP contribution in [0.3, 0.4) is 0 Å². The minimum Gasteiger partial charge on any atom is -0.474 e. The maximum absolute atomic E-state index is 9.50. The number of nitrogens with zero attached hydrogens (tertiary/aromatic N) is 7. The summed E-state index contributed by atoms with van der Waals surface area (Å²) >= 11 is 6.14. The van der Waals surface area contributed by atoms with E-state index in [1.54, 1.807) is 23.1 Å². The Kier molecular flexibility index (Phi) is 16.2. The number of ether oxygens (including phenoxy) is 3. The molecule has 8 N–H and O–H groups in total. The van der Waals surface area contributed by atoms with Gasteiger partial charge in [0, 0.05) is 80.4 Å². The number of hydrogen-bond acceptors (Lipinski definition) is 15. The Morgan fingerprint density at radius 3 is 2.57 bits per heavy atom. The van der Waals surface area contributed by atoms with Gasteiger partial charge in [0.1, 0.15) is 34.9 Å². The number of nitrogen functional groups attached to an aromatic ring is 2. The van der Waals surface area contributed by atoms with Crippen LogP contribution in [0.2, 0.25) is 5.15 Å². The lowest BCUT2D eigenvalue weighted by Gasteiger charge is -2.24. The number of halogens is 1. The summed E-state index contributed by atoms with van der Waals surface area (Å²) in [6.07, 6.45) is 11.5. The topological polar surface area (TPSA) is 251 Å². The summed E-state index contributed by atoms with van der Waals surface area (Å²) in [6.45, 7) is 7.48. The van der Waals surface area contributed by atoms with E-state index in [0.717, 1.165) is 58.0 Å². The van der Waals surface area contributed by atoms with Crippen molar-refractivity contribution >= 4 is 40.2 Å². The van der Waals surface area contributed by atoms with Gasteiger partial charge in [-0.3, -0.25) is 15.5 Å². The van der Waals surface area contributed by atoms with Gasteiger partial charge in [-0.05, 0) is 49.4 Å². The number of aliphatic hydroxyl groups excluding tert-OH is 2. The molecule has 1 unspecified atom stereocenters. The normalized spacial score (nSPS) is 16.5. The molecule has 0 spiro atoms. The minimum atomic E-state index is -0.245. The van der Waals surface area contributed by atoms with Crippen LogP contribution in [0.15, 0.2) is 42.9 Å². The van der Waals surface area contributed by atoms with Crippen molar-refractivity contribution in [2.24, 2.45) is 5.92 Å². The molecule has 16 nitrogen and oxygen atoms in total. The van der Waals surface area contributed by atoms with Gasteiger partial charge in [-0.25, -0.2) is 15.0 Å². The van der Waals surface area contributed by atoms with Gasteiger partial charge >= 0.3 is 0 Å². The van der Waals surface area contributed by atoms with Crippen LogP contribution in [0.5, 0.6) is 11.8 Å². The monoisotopic (exact) mass is 815 g/mol. The number of rotatable bonds is 10. The minimum absolute atomic E-state index is 0.00265. The zero-order chi connectivity index (χ0) is 41.6. The molecule has 4 aromatic rings. The number of pyridine rings is 3. The van der Waals surface area contributed by atoms with Crippen LogP contribution in [0, 0.1) is 28.1 Å². The largest absolute Gasteiger partial charge is 0.474 e. The van der Waals surface area contributed by atoms with Crippen molar-refractivity contribution in [3.05, 3.63) is 76.0 Å². The molecule has 58 heavy (non-hydrogen) atoms. The third kappa shape index (κ3) is 11.9. The number of nitriles is 1. The first-order valence-corrected chi connectivity index (χ1v) is 20.1. The van der Waals surface area contributed by atoms with Crippen molar-refractivity contribution in [3.63, 3.8) is 0 Å². The van der Waals surface area contributed by atoms with E-state index < -0.39 is 0 Å². The summed E-state index contributed by atoms with van der Waals surface area (Å²) in [7, 11) is 0. The molecule has 17 heteroatoms. The van der Waals surface area contributed by atoms with Crippen LogP contribution in [0.1, 0.15) is 93.2 Å². The van der Waals surface area contributed by atoms with Crippen LogP contribution in [-0.4, -0.2) is 98.1 Å². The standard InChI is InChI=1S/C22H30ClN5O3.C19H24N6O2/c23-18-14-17(24)20-21(25)15-6-8-26-19(13-15)28(10-12-30)9-4-2-1-3-5-16(7-11-29)31-22(20)27-18;1-12(2)10-25-11-13(9-23-25)18(22)17-16(21)7-14(8-20)24-19(17)27-15-3-5-26-6-4-15/h6,8,13-14,16,25,29-30H,1-5,7,9-12H2,(H2,24,27);7,9,11-12,15,22H,3-6,10H2,1-2H3,(H2,21,24). The molecule has 0 radical (unpaired) electrons. The van der Waals surface area contributed by atoms with E-state index in [0.29, 0.717) is 71.5 Å². The smallest absolute Gasteiger partial charge is 0.226 e. The number of β-amino-alcohol motifs (C(OH)–C–C–N with tert-alkyl or cyclic N) is 1. The SMILES string of the molecule is CC(C)Cn1cc(C(=N)c2c(N)cc(C#N)nc2OC2CCOCC2)cn1.N=C1c2ccnc(c2)N(CCO)CCCCCCC(CCO)Oc2nc(Cl)cc(N)c21. The summed E-state index contributed by atoms with van der Waals surface area (Å²) in [5, 5.41) is 50.2. The number of anilines is 3. The molecule has 310 valence electrons. The second-order valence-corrected chi connectivity index (χ2v) is 15.1. The van der Waals surface area contributed by atoms with E-state index >= 15 is 0 Å². The molecule has 0 aromatic carbocycles. The lowest BCUT2D eigenvalue weighted by molar-refractivity contribution is 0.0237. The average molecular weight is 816 g/mol. The molecule has 1 saturated heterocycles. The fraction of sp³-hybridized carbons (Fsp3) is 0.488. The lowest BCUT2D eigenvalue weighted by atomic mass is 10.0. The molecule has 0 amide bonds. The van der Waals surface area contributed by atoms with Crippen molar-refractivity contribution in [3.8, 4) is 17.8 Å². The molecular formula is C41H54ClN11O5. The van der Waals surface area contributed by atoms with Gasteiger partial charge in [-0.1, -0.05) is 38.3 Å². The van der Waals surface area contributed by atoms with Gasteiger partial charge < -0.3 is 40.8 Å². The number of fused-ring (bicyclic) bond motifs is 3. The van der Waals surface area contributed by atoms with E-state index in [2.05, 4.69) is 33.9 Å². The highest BCUT2D eigenvalue weighted by Crippen LogP contribution is 2.32. The molecule has 1 atom stereocenters. The van der Waals surface area contributed by atoms with Gasteiger partial charge in [0.05, 0.1) is 48.6 Å². The van der Waals surface area contributed by atoms with E-state index in [9.17, 15) is 15.5 Å². The van der Waals surface area contributed by atoms with E-state index in [-0.39, 0.29) is 59.5 Å². The van der Waals surface area contributed by atoms with Gasteiger partial charge in [0.2, 0.25) is 11.8 Å². The van der Waals surface area contributed by atoms with Crippen molar-refractivity contribution in [1.82, 2.24) is 24.7 Å². The van der Waals surface area contributed by atoms with E-state index in [1.807, 2.05) is 23.2 Å². The predicted molar refractivity (Wildman–Crippen MR) is 223 cm³/mol. The van der Waals surface area contributed by atoms with Crippen molar-refractivity contribution in [2.75, 3.05) is 55.9 Å². The third-order valence-corrected chi connectivity index (χ3v) is 9.89. The Balaban J connectivity index is 0.000000223. The second-order valence-electron chi connectivity index (χ2n) is 14.7. The first kappa shape index (κ1) is 43.8. The molecule has 6 heterocycles. The lowest BCUT2D eigenvalue weighted by Crippen LogP contribution is -2.28. The maximum Gasteiger partial charge on any atom is 0.226 e. The third-order valence-electron chi connectivity index (χ3n) is 9.70. The highest BCUT2D eigenvalue weighted by molar-refractivity contribution is 6.30. The first-order valence-electron chi connectivity index (χ1n) is 19.7. The molecule has 0 saturated carbocycles. The Labute approximate surface area is 344 Å². The fourth-order valence-electron chi connectivity index (χ4n) is 6.79. The van der Waals surface area contributed by atoms with E-state index in [4.69, 9.17) is 48.1 Å². The second kappa shape index (κ2) is 21.4. The summed E-state index contributed by atoms with van der Waals surface area (Å²) in [6, 6.07) is 8.53. The molecular weight excluding hydrogens is 762 g/mol. The molecule has 2 aliphatic heterocycles. The molecule has 2 bridgehead atoms. The number of nitrogens with two attached hydrogens (primary N) is 2. The fourth-order valence-corrected chi connectivity index (χ4v) is 6.98. The molecule has 4 aromatic heterocycles. The Hall–Kier alpha value is -5.34. The average Bonchev–Trinajstić information content (AvgIpc) is 3.66. The van der Waals surface area contributed by atoms with Gasteiger partial charge in [-0.15, -0.1) is 0 Å². The number of aliphatic hydroxyl groups is 2. The molecule has 1 fully saturated rings. The highest BCUT2D eigenvalue weighted by Gasteiger charge is 2.25. The summed E-state index contributed by atoms with van der Waals surface area (Å²) in [5.41, 5.74) is 15.5. The summed E-state index contributed by atoms with van der Waals surface area (Å²) < 4.78 is 19.3. The van der Waals surface area contributed by atoms with Crippen molar-refractivity contribution in [2.45, 2.75) is 84.0 Å². The predicted octanol–water partition coefficient (Wildman–Crippen LogP) is 5.38. The van der Waals surface area contributed by atoms with Gasteiger partial charge in [-0.2, -0.15) is 10.4 Å². The maximum atomic E-state index is 9.50. The molecule has 6 rings (SSSR count). The summed E-state index contributed by atoms with van der Waals surface area (Å²) in [4.78, 5) is 15.1. The zero-order valence-corrected chi connectivity index (χ0v) is 33.9. The van der Waals surface area contributed by atoms with E-state index in [1.165, 1.54) is 12.1 Å². The highest BCUT2D eigenvalue weighted by atomic mass is 35.5. The van der Waals surface area contributed by atoms with Crippen LogP contribution in [0.25, 0.3) is 0 Å². The quantitative estimate of drug-likeness (QED) is 0.0870. The zero-order valence-electron chi connectivity index (χ0n) is 33.2. The number of aromatic nitrogens is 5. The Bertz CT molecular complexity index is 2050. The first-order chi connectivity index (χ1) is 28.0. The van der Waals surface area contributed by atoms with Gasteiger partial charge in [0.15, 0.2) is 0 Å². The van der Waals surface area contributed by atoms with Gasteiger partial charge in [0.25, 0.3) is 0 Å². The summed E-state index contributed by atoms with van der Waals surface area (Å²) in [5.74, 6) is 1.57. The van der Waals surface area contributed by atoms with Crippen LogP contribution >= 0.6 is 11.6 Å². The molecule has 2 aliphatic rings. The number of hydrogen-bond donors (Lipinski definition) is 6. The Morgan fingerprint density at radius 1 is 1.07 bits per heavy atom. The van der Waals surface area contributed by atoms with Crippen LogP contribution in [0.4, 0.5) is 17.2 Å².